The molecule has 26 heavy (non-hydrogen) atoms. The van der Waals surface area contributed by atoms with Crippen LogP contribution in [0.3, 0.4) is 0 Å². The zero-order valence-corrected chi connectivity index (χ0v) is 15.6. The minimum absolute atomic E-state index is 0.0600. The van der Waals surface area contributed by atoms with Crippen molar-refractivity contribution < 1.29 is 9.59 Å². The summed E-state index contributed by atoms with van der Waals surface area (Å²) in [5, 5.41) is 3.57. The monoisotopic (exact) mass is 370 g/mol. The van der Waals surface area contributed by atoms with E-state index < -0.39 is 0 Å². The molecule has 1 heterocycles. The molecule has 2 amide bonds. The van der Waals surface area contributed by atoms with Gasteiger partial charge >= 0.3 is 0 Å². The highest BCUT2D eigenvalue weighted by molar-refractivity contribution is 6.33. The van der Waals surface area contributed by atoms with Crippen LogP contribution in [0.1, 0.15) is 25.3 Å². The van der Waals surface area contributed by atoms with Crippen molar-refractivity contribution in [3.8, 4) is 0 Å². The first-order valence-corrected chi connectivity index (χ1v) is 9.31. The molecule has 5 heteroatoms. The summed E-state index contributed by atoms with van der Waals surface area (Å²) in [6.45, 7) is 2.38. The van der Waals surface area contributed by atoms with E-state index in [2.05, 4.69) is 17.4 Å². The molecule has 4 nitrogen and oxygen atoms in total. The van der Waals surface area contributed by atoms with Gasteiger partial charge in [0.05, 0.1) is 16.6 Å². The first-order valence-electron chi connectivity index (χ1n) is 8.94. The van der Waals surface area contributed by atoms with Gasteiger partial charge in [0.2, 0.25) is 11.8 Å². The maximum atomic E-state index is 12.6. The number of hydrogen-bond acceptors (Lipinski definition) is 2. The Bertz CT molecular complexity index is 779. The van der Waals surface area contributed by atoms with E-state index in [1.807, 2.05) is 43.3 Å². The SMILES string of the molecule is C[C@@H](CCc1ccccc1)NC(=O)[C@@H]1CC(=O)N(c2ccccc2Cl)C1. The molecule has 0 aliphatic carbocycles. The fourth-order valence-electron chi connectivity index (χ4n) is 3.25. The minimum Gasteiger partial charge on any atom is -0.353 e. The molecule has 136 valence electrons. The van der Waals surface area contributed by atoms with E-state index in [0.29, 0.717) is 17.3 Å². The molecule has 0 radical (unpaired) electrons. The van der Waals surface area contributed by atoms with Gasteiger partial charge in [-0.05, 0) is 37.5 Å². The molecular formula is C21H23ClN2O2. The predicted molar refractivity (Wildman–Crippen MR) is 104 cm³/mol. The molecule has 2 atom stereocenters. The van der Waals surface area contributed by atoms with Crippen molar-refractivity contribution in [3.05, 3.63) is 65.2 Å². The Morgan fingerprint density at radius 3 is 2.62 bits per heavy atom. The van der Waals surface area contributed by atoms with Crippen molar-refractivity contribution in [3.63, 3.8) is 0 Å². The third kappa shape index (κ3) is 4.44. The first-order chi connectivity index (χ1) is 12.5. The van der Waals surface area contributed by atoms with Gasteiger partial charge in [0, 0.05) is 19.0 Å². The molecule has 0 saturated carbocycles. The third-order valence-electron chi connectivity index (χ3n) is 4.74. The number of benzene rings is 2. The molecule has 1 aliphatic heterocycles. The van der Waals surface area contributed by atoms with Crippen LogP contribution in [0, 0.1) is 5.92 Å². The number of hydrogen-bond donors (Lipinski definition) is 1. The Hall–Kier alpha value is -2.33. The minimum atomic E-state index is -0.335. The molecule has 3 rings (SSSR count). The van der Waals surface area contributed by atoms with Gasteiger partial charge in [-0.1, -0.05) is 54.1 Å². The van der Waals surface area contributed by atoms with Crippen molar-refractivity contribution in [2.75, 3.05) is 11.4 Å². The summed E-state index contributed by atoms with van der Waals surface area (Å²) in [5.41, 5.74) is 1.93. The smallest absolute Gasteiger partial charge is 0.227 e. The zero-order chi connectivity index (χ0) is 18.5. The van der Waals surface area contributed by atoms with E-state index in [1.54, 1.807) is 11.0 Å². The van der Waals surface area contributed by atoms with E-state index in [1.165, 1.54) is 5.56 Å². The van der Waals surface area contributed by atoms with Gasteiger partial charge in [-0.2, -0.15) is 0 Å². The van der Waals surface area contributed by atoms with Crippen LogP contribution in [-0.4, -0.2) is 24.4 Å². The zero-order valence-electron chi connectivity index (χ0n) is 14.8. The quantitative estimate of drug-likeness (QED) is 0.840. The Labute approximate surface area is 159 Å². The molecular weight excluding hydrogens is 348 g/mol. The van der Waals surface area contributed by atoms with Crippen LogP contribution in [0.15, 0.2) is 54.6 Å². The van der Waals surface area contributed by atoms with Crippen molar-refractivity contribution in [2.45, 2.75) is 32.2 Å². The number of anilines is 1. The van der Waals surface area contributed by atoms with E-state index >= 15 is 0 Å². The highest BCUT2D eigenvalue weighted by Crippen LogP contribution is 2.31. The lowest BCUT2D eigenvalue weighted by molar-refractivity contribution is -0.126. The van der Waals surface area contributed by atoms with Gasteiger partial charge < -0.3 is 10.2 Å². The molecule has 0 unspecified atom stereocenters. The summed E-state index contributed by atoms with van der Waals surface area (Å²) in [4.78, 5) is 26.5. The van der Waals surface area contributed by atoms with Gasteiger partial charge in [0.1, 0.15) is 0 Å². The molecule has 0 spiro atoms. The second-order valence-electron chi connectivity index (χ2n) is 6.79. The Morgan fingerprint density at radius 2 is 1.88 bits per heavy atom. The molecule has 1 saturated heterocycles. The van der Waals surface area contributed by atoms with E-state index in [9.17, 15) is 9.59 Å². The second-order valence-corrected chi connectivity index (χ2v) is 7.20. The third-order valence-corrected chi connectivity index (χ3v) is 5.06. The topological polar surface area (TPSA) is 49.4 Å². The molecule has 2 aromatic carbocycles. The van der Waals surface area contributed by atoms with Crippen molar-refractivity contribution in [2.24, 2.45) is 5.92 Å². The van der Waals surface area contributed by atoms with Crippen LogP contribution in [0.4, 0.5) is 5.69 Å². The fraction of sp³-hybridized carbons (Fsp3) is 0.333. The highest BCUT2D eigenvalue weighted by atomic mass is 35.5. The lowest BCUT2D eigenvalue weighted by Crippen LogP contribution is -2.38. The number of aryl methyl sites for hydroxylation is 1. The number of para-hydroxylation sites is 1. The van der Waals surface area contributed by atoms with Crippen molar-refractivity contribution >= 4 is 29.1 Å². The van der Waals surface area contributed by atoms with Crippen LogP contribution in [0.5, 0.6) is 0 Å². The normalized spacial score (nSPS) is 18.0. The largest absolute Gasteiger partial charge is 0.353 e. The van der Waals surface area contributed by atoms with E-state index in [-0.39, 0.29) is 30.2 Å². The molecule has 1 N–H and O–H groups in total. The lowest BCUT2D eigenvalue weighted by atomic mass is 10.0. The highest BCUT2D eigenvalue weighted by Gasteiger charge is 2.36. The van der Waals surface area contributed by atoms with Crippen molar-refractivity contribution in [1.29, 1.82) is 0 Å². The molecule has 1 aliphatic rings. The maximum Gasteiger partial charge on any atom is 0.227 e. The van der Waals surface area contributed by atoms with Gasteiger partial charge in [0.15, 0.2) is 0 Å². The summed E-state index contributed by atoms with van der Waals surface area (Å²) >= 11 is 6.19. The van der Waals surface area contributed by atoms with Crippen LogP contribution in [-0.2, 0) is 16.0 Å². The Morgan fingerprint density at radius 1 is 1.19 bits per heavy atom. The summed E-state index contributed by atoms with van der Waals surface area (Å²) in [7, 11) is 0. The average Bonchev–Trinajstić information content (AvgIpc) is 3.03. The standard InChI is InChI=1S/C21H23ClN2O2/c1-15(11-12-16-7-3-2-4-8-16)23-21(26)17-13-20(25)24(14-17)19-10-6-5-9-18(19)22/h2-10,15,17H,11-14H2,1H3,(H,23,26)/t15-,17+/m0/s1. The molecule has 0 aromatic heterocycles. The Kier molecular flexibility index (Phi) is 5.94. The van der Waals surface area contributed by atoms with Crippen LogP contribution < -0.4 is 10.2 Å². The second kappa shape index (κ2) is 8.37. The number of halogens is 1. The first kappa shape index (κ1) is 18.5. The summed E-state index contributed by atoms with van der Waals surface area (Å²) in [5.74, 6) is -0.457. The Balaban J connectivity index is 1.54. The molecule has 2 aromatic rings. The molecule has 0 bridgehead atoms. The van der Waals surface area contributed by atoms with Gasteiger partial charge in [-0.3, -0.25) is 9.59 Å². The summed E-state index contributed by atoms with van der Waals surface area (Å²) in [6.07, 6.45) is 2.00. The number of carbonyl (C=O) groups excluding carboxylic acids is 2. The molecule has 1 fully saturated rings. The fourth-order valence-corrected chi connectivity index (χ4v) is 3.49. The van der Waals surface area contributed by atoms with Gasteiger partial charge in [0.25, 0.3) is 0 Å². The summed E-state index contributed by atoms with van der Waals surface area (Å²) < 4.78 is 0. The number of carbonyl (C=O) groups is 2. The van der Waals surface area contributed by atoms with Crippen LogP contribution >= 0.6 is 11.6 Å². The van der Waals surface area contributed by atoms with Gasteiger partial charge in [-0.25, -0.2) is 0 Å². The predicted octanol–water partition coefficient (Wildman–Crippen LogP) is 3.83. The van der Waals surface area contributed by atoms with E-state index in [0.717, 1.165) is 12.8 Å². The number of nitrogens with one attached hydrogen (secondary N) is 1. The number of nitrogens with zero attached hydrogens (tertiary/aromatic N) is 1. The average molecular weight is 371 g/mol. The van der Waals surface area contributed by atoms with Crippen LogP contribution in [0.2, 0.25) is 5.02 Å². The lowest BCUT2D eigenvalue weighted by Gasteiger charge is -2.19. The number of rotatable bonds is 6. The van der Waals surface area contributed by atoms with Gasteiger partial charge in [-0.15, -0.1) is 0 Å². The van der Waals surface area contributed by atoms with Crippen LogP contribution in [0.25, 0.3) is 0 Å². The number of amides is 2. The van der Waals surface area contributed by atoms with Crippen molar-refractivity contribution in [1.82, 2.24) is 5.32 Å². The maximum absolute atomic E-state index is 12.6. The summed E-state index contributed by atoms with van der Waals surface area (Å²) in [6, 6.07) is 17.5. The van der Waals surface area contributed by atoms with E-state index in [4.69, 9.17) is 11.6 Å².